The molecular weight excluding hydrogens is 196 g/mol. The summed E-state index contributed by atoms with van der Waals surface area (Å²) in [5.41, 5.74) is 0. The van der Waals surface area contributed by atoms with Crippen molar-refractivity contribution in [3.05, 3.63) is 11.6 Å². The van der Waals surface area contributed by atoms with Crippen molar-refractivity contribution in [2.24, 2.45) is 0 Å². The number of nitrogens with one attached hydrogen (secondary N) is 2. The number of amides is 1. The average molecular weight is 212 g/mol. The topological polar surface area (TPSA) is 90.9 Å². The molecule has 0 spiro atoms. The van der Waals surface area contributed by atoms with Crippen molar-refractivity contribution in [1.82, 2.24) is 20.5 Å². The summed E-state index contributed by atoms with van der Waals surface area (Å²) in [6, 6.07) is 0.0171. The van der Waals surface area contributed by atoms with E-state index in [1.165, 1.54) is 0 Å². The summed E-state index contributed by atoms with van der Waals surface area (Å²) in [6.45, 7) is 3.76. The molecule has 0 bridgehead atoms. The molecule has 1 aromatic rings. The zero-order valence-electron chi connectivity index (χ0n) is 8.95. The third-order valence-electron chi connectivity index (χ3n) is 1.97. The molecule has 6 heteroatoms. The maximum absolute atomic E-state index is 11.5. The van der Waals surface area contributed by atoms with Gasteiger partial charge in [-0.25, -0.2) is 4.98 Å². The fourth-order valence-electron chi connectivity index (χ4n) is 1.20. The zero-order chi connectivity index (χ0) is 11.3. The van der Waals surface area contributed by atoms with E-state index < -0.39 is 0 Å². The Bertz CT molecular complexity index is 324. The standard InChI is InChI=1S/C9H16N4O2/c1-6(4-3-5-14)10-9(15)8-11-7(2)12-13-8/h6,14H,3-5H2,1-2H3,(H,10,15)(H,11,12,13). The van der Waals surface area contributed by atoms with Gasteiger partial charge in [-0.2, -0.15) is 0 Å². The van der Waals surface area contributed by atoms with Crippen LogP contribution in [0, 0.1) is 6.92 Å². The van der Waals surface area contributed by atoms with Crippen molar-refractivity contribution in [3.8, 4) is 0 Å². The average Bonchev–Trinajstić information content (AvgIpc) is 2.61. The second kappa shape index (κ2) is 5.45. The number of carbonyl (C=O) groups is 1. The molecule has 1 unspecified atom stereocenters. The number of aromatic nitrogens is 3. The van der Waals surface area contributed by atoms with E-state index in [1.807, 2.05) is 6.92 Å². The lowest BCUT2D eigenvalue weighted by Crippen LogP contribution is -2.33. The van der Waals surface area contributed by atoms with Crippen molar-refractivity contribution in [1.29, 1.82) is 0 Å². The van der Waals surface area contributed by atoms with Gasteiger partial charge in [0.05, 0.1) is 0 Å². The monoisotopic (exact) mass is 212 g/mol. The Morgan fingerprint density at radius 3 is 2.93 bits per heavy atom. The first kappa shape index (κ1) is 11.6. The first-order valence-corrected chi connectivity index (χ1v) is 4.94. The number of aliphatic hydroxyl groups is 1. The van der Waals surface area contributed by atoms with Crippen LogP contribution in [0.25, 0.3) is 0 Å². The van der Waals surface area contributed by atoms with Crippen LogP contribution < -0.4 is 5.32 Å². The minimum Gasteiger partial charge on any atom is -0.396 e. The number of aromatic amines is 1. The molecular formula is C9H16N4O2. The Morgan fingerprint density at radius 2 is 2.40 bits per heavy atom. The molecule has 1 heterocycles. The van der Waals surface area contributed by atoms with E-state index in [1.54, 1.807) is 6.92 Å². The second-order valence-electron chi connectivity index (χ2n) is 3.48. The van der Waals surface area contributed by atoms with Crippen molar-refractivity contribution < 1.29 is 9.90 Å². The molecule has 0 fully saturated rings. The van der Waals surface area contributed by atoms with Gasteiger partial charge in [-0.3, -0.25) is 9.89 Å². The fourth-order valence-corrected chi connectivity index (χ4v) is 1.20. The van der Waals surface area contributed by atoms with E-state index in [0.29, 0.717) is 12.2 Å². The highest BCUT2D eigenvalue weighted by Crippen LogP contribution is 1.97. The molecule has 3 N–H and O–H groups in total. The van der Waals surface area contributed by atoms with Gasteiger partial charge in [0.15, 0.2) is 0 Å². The summed E-state index contributed by atoms with van der Waals surface area (Å²) in [6.07, 6.45) is 1.42. The van der Waals surface area contributed by atoms with Gasteiger partial charge in [0.25, 0.3) is 5.91 Å². The van der Waals surface area contributed by atoms with Gasteiger partial charge in [-0.05, 0) is 26.7 Å². The predicted octanol–water partition coefficient (Wildman–Crippen LogP) is 0.00392. The number of hydrogen-bond donors (Lipinski definition) is 3. The van der Waals surface area contributed by atoms with Gasteiger partial charge in [0.1, 0.15) is 5.82 Å². The van der Waals surface area contributed by atoms with E-state index in [2.05, 4.69) is 20.5 Å². The van der Waals surface area contributed by atoms with Crippen LogP contribution in [0.1, 0.15) is 36.2 Å². The van der Waals surface area contributed by atoms with E-state index >= 15 is 0 Å². The molecule has 1 aromatic heterocycles. The Hall–Kier alpha value is -1.43. The Kier molecular flexibility index (Phi) is 4.23. The molecule has 15 heavy (non-hydrogen) atoms. The lowest BCUT2D eigenvalue weighted by Gasteiger charge is -2.11. The third kappa shape index (κ3) is 3.67. The molecule has 0 aliphatic rings. The number of rotatable bonds is 5. The Balaban J connectivity index is 2.42. The Labute approximate surface area is 88.1 Å². The maximum Gasteiger partial charge on any atom is 0.291 e. The molecule has 6 nitrogen and oxygen atoms in total. The van der Waals surface area contributed by atoms with Crippen LogP contribution in [0.15, 0.2) is 0 Å². The molecule has 0 radical (unpaired) electrons. The quantitative estimate of drug-likeness (QED) is 0.641. The van der Waals surface area contributed by atoms with Crippen molar-refractivity contribution in [3.63, 3.8) is 0 Å². The second-order valence-corrected chi connectivity index (χ2v) is 3.48. The smallest absolute Gasteiger partial charge is 0.291 e. The van der Waals surface area contributed by atoms with Gasteiger partial charge in [-0.1, -0.05) is 0 Å². The fraction of sp³-hybridized carbons (Fsp3) is 0.667. The van der Waals surface area contributed by atoms with Crippen LogP contribution in [0.2, 0.25) is 0 Å². The van der Waals surface area contributed by atoms with Crippen LogP contribution in [0.3, 0.4) is 0 Å². The number of hydrogen-bond acceptors (Lipinski definition) is 4. The number of nitrogens with zero attached hydrogens (tertiary/aromatic N) is 2. The highest BCUT2D eigenvalue weighted by atomic mass is 16.3. The largest absolute Gasteiger partial charge is 0.396 e. The van der Waals surface area contributed by atoms with Crippen LogP contribution in [0.4, 0.5) is 0 Å². The minimum atomic E-state index is -0.287. The summed E-state index contributed by atoms with van der Waals surface area (Å²) in [7, 11) is 0. The number of aryl methyl sites for hydroxylation is 1. The molecule has 0 saturated heterocycles. The molecule has 0 saturated carbocycles. The SMILES string of the molecule is Cc1nc(C(=O)NC(C)CCCO)n[nH]1. The number of carbonyl (C=O) groups excluding carboxylic acids is 1. The van der Waals surface area contributed by atoms with E-state index in [4.69, 9.17) is 5.11 Å². The molecule has 0 aliphatic carbocycles. The lowest BCUT2D eigenvalue weighted by molar-refractivity contribution is 0.0926. The highest BCUT2D eigenvalue weighted by Gasteiger charge is 2.13. The molecule has 0 aliphatic heterocycles. The third-order valence-corrected chi connectivity index (χ3v) is 1.97. The lowest BCUT2D eigenvalue weighted by atomic mass is 10.2. The number of aliphatic hydroxyl groups excluding tert-OH is 1. The van der Waals surface area contributed by atoms with Crippen molar-refractivity contribution in [2.75, 3.05) is 6.61 Å². The van der Waals surface area contributed by atoms with Gasteiger partial charge in [-0.15, -0.1) is 5.10 Å². The molecule has 1 rings (SSSR count). The van der Waals surface area contributed by atoms with Crippen LogP contribution in [-0.4, -0.2) is 38.8 Å². The summed E-state index contributed by atoms with van der Waals surface area (Å²) in [4.78, 5) is 15.4. The summed E-state index contributed by atoms with van der Waals surface area (Å²) in [5, 5.41) is 17.7. The molecule has 84 valence electrons. The first-order valence-electron chi connectivity index (χ1n) is 4.94. The molecule has 1 atom stereocenters. The highest BCUT2D eigenvalue weighted by molar-refractivity contribution is 5.90. The summed E-state index contributed by atoms with van der Waals surface area (Å²) in [5.74, 6) is 0.483. The van der Waals surface area contributed by atoms with Gasteiger partial charge < -0.3 is 10.4 Å². The minimum absolute atomic E-state index is 0.0171. The maximum atomic E-state index is 11.5. The number of H-pyrrole nitrogens is 1. The van der Waals surface area contributed by atoms with E-state index in [0.717, 1.165) is 6.42 Å². The van der Waals surface area contributed by atoms with Crippen molar-refractivity contribution >= 4 is 5.91 Å². The molecule has 0 aromatic carbocycles. The summed E-state index contributed by atoms with van der Waals surface area (Å²) >= 11 is 0. The van der Waals surface area contributed by atoms with Gasteiger partial charge in [0, 0.05) is 12.6 Å². The Morgan fingerprint density at radius 1 is 1.67 bits per heavy atom. The van der Waals surface area contributed by atoms with E-state index in [-0.39, 0.29) is 24.4 Å². The van der Waals surface area contributed by atoms with E-state index in [9.17, 15) is 4.79 Å². The van der Waals surface area contributed by atoms with Gasteiger partial charge in [0.2, 0.25) is 5.82 Å². The van der Waals surface area contributed by atoms with Crippen LogP contribution in [0.5, 0.6) is 0 Å². The first-order chi connectivity index (χ1) is 7.13. The predicted molar refractivity (Wildman–Crippen MR) is 54.4 cm³/mol. The summed E-state index contributed by atoms with van der Waals surface area (Å²) < 4.78 is 0. The van der Waals surface area contributed by atoms with Crippen LogP contribution >= 0.6 is 0 Å². The molecule has 1 amide bonds. The normalized spacial score (nSPS) is 12.5. The van der Waals surface area contributed by atoms with Crippen molar-refractivity contribution in [2.45, 2.75) is 32.7 Å². The zero-order valence-corrected chi connectivity index (χ0v) is 8.95. The van der Waals surface area contributed by atoms with Crippen LogP contribution in [-0.2, 0) is 0 Å². The van der Waals surface area contributed by atoms with Gasteiger partial charge >= 0.3 is 0 Å².